The highest BCUT2D eigenvalue weighted by molar-refractivity contribution is 7.47. The average molecular weight is 1420 g/mol. The van der Waals surface area contributed by atoms with Crippen LogP contribution < -0.4 is 0 Å². The van der Waals surface area contributed by atoms with Crippen molar-refractivity contribution in [2.45, 2.75) is 414 Å². The number of carbonyl (C=O) groups excluding carboxylic acids is 4. The van der Waals surface area contributed by atoms with Crippen molar-refractivity contribution >= 4 is 39.5 Å². The Balaban J connectivity index is 5.17. The Morgan fingerprint density at radius 3 is 0.732 bits per heavy atom. The third kappa shape index (κ3) is 70.9. The number of hydrogen-bond acceptors (Lipinski definition) is 15. The Labute approximate surface area is 594 Å². The van der Waals surface area contributed by atoms with Crippen LogP contribution in [0, 0.1) is 23.7 Å². The maximum Gasteiger partial charge on any atom is 0.472 e. The standard InChI is InChI=1S/C78H152O17P2/c1-9-71(8)57-49-41-36-37-45-53-61-78(83)95-74(65-88-75(80)58-50-42-33-27-23-19-15-11-10-13-17-21-25-30-38-46-54-68(2)3)67-93-97(86,87)91-63-72(79)62-90-96(84,85)92-66-73(64-89-76(81)59-51-43-35-29-32-40-48-56-70(6)7)94-77(82)60-52-44-34-28-24-20-16-12-14-18-22-26-31-39-47-55-69(4)5/h68-74,79H,9-67H2,1-8H3,(H,84,85)(H,86,87)/t71?,72?,73-,74-/m1/s1. The number of rotatable bonds is 75. The van der Waals surface area contributed by atoms with Crippen LogP contribution in [0.2, 0.25) is 0 Å². The summed E-state index contributed by atoms with van der Waals surface area (Å²) in [4.78, 5) is 72.8. The van der Waals surface area contributed by atoms with Crippen molar-refractivity contribution in [2.75, 3.05) is 39.6 Å². The summed E-state index contributed by atoms with van der Waals surface area (Å²) in [5, 5.41) is 10.6. The van der Waals surface area contributed by atoms with Crippen molar-refractivity contribution in [1.82, 2.24) is 0 Å². The van der Waals surface area contributed by atoms with E-state index in [1.807, 2.05) is 0 Å². The Morgan fingerprint density at radius 1 is 0.289 bits per heavy atom. The lowest BCUT2D eigenvalue weighted by atomic mass is 10.00. The Bertz CT molecular complexity index is 1900. The minimum Gasteiger partial charge on any atom is -0.462 e. The normalized spacial score (nSPS) is 14.4. The minimum absolute atomic E-state index is 0.103. The van der Waals surface area contributed by atoms with E-state index in [2.05, 4.69) is 55.4 Å². The van der Waals surface area contributed by atoms with E-state index in [1.165, 1.54) is 193 Å². The van der Waals surface area contributed by atoms with Gasteiger partial charge in [-0.2, -0.15) is 0 Å². The van der Waals surface area contributed by atoms with Gasteiger partial charge in [0.25, 0.3) is 0 Å². The van der Waals surface area contributed by atoms with E-state index in [1.54, 1.807) is 0 Å². The molecule has 0 radical (unpaired) electrons. The van der Waals surface area contributed by atoms with Crippen LogP contribution in [0.3, 0.4) is 0 Å². The van der Waals surface area contributed by atoms with Crippen LogP contribution in [0.25, 0.3) is 0 Å². The number of esters is 4. The largest absolute Gasteiger partial charge is 0.472 e. The molecule has 97 heavy (non-hydrogen) atoms. The molecule has 576 valence electrons. The smallest absolute Gasteiger partial charge is 0.462 e. The van der Waals surface area contributed by atoms with Gasteiger partial charge in [-0.05, 0) is 49.4 Å². The number of aliphatic hydroxyl groups excluding tert-OH is 1. The molecular formula is C78H152O17P2. The van der Waals surface area contributed by atoms with Crippen LogP contribution in [0.1, 0.15) is 396 Å². The third-order valence-electron chi connectivity index (χ3n) is 18.4. The summed E-state index contributed by atoms with van der Waals surface area (Å²) in [6.45, 7) is 14.2. The van der Waals surface area contributed by atoms with Gasteiger partial charge in [0.1, 0.15) is 19.3 Å². The number of ether oxygens (including phenoxy) is 4. The number of hydrogen-bond donors (Lipinski definition) is 3. The summed E-state index contributed by atoms with van der Waals surface area (Å²) in [6.07, 6.45) is 53.0. The van der Waals surface area contributed by atoms with Crippen molar-refractivity contribution < 1.29 is 80.2 Å². The van der Waals surface area contributed by atoms with Crippen molar-refractivity contribution in [3.8, 4) is 0 Å². The summed E-state index contributed by atoms with van der Waals surface area (Å²) in [5.41, 5.74) is 0. The number of phosphoric ester groups is 2. The van der Waals surface area contributed by atoms with Gasteiger partial charge in [0.05, 0.1) is 26.4 Å². The third-order valence-corrected chi connectivity index (χ3v) is 20.3. The first-order valence-electron chi connectivity index (χ1n) is 40.2. The summed E-state index contributed by atoms with van der Waals surface area (Å²) in [7, 11) is -9.91. The Kier molecular flexibility index (Phi) is 65.9. The quantitative estimate of drug-likeness (QED) is 0.0222. The second-order valence-electron chi connectivity index (χ2n) is 29.8. The number of unbranched alkanes of at least 4 members (excludes halogenated alkanes) is 40. The minimum atomic E-state index is -4.96. The van der Waals surface area contributed by atoms with Gasteiger partial charge in [0, 0.05) is 25.7 Å². The first-order valence-corrected chi connectivity index (χ1v) is 43.2. The SMILES string of the molecule is CCC(C)CCCCCCCCC(=O)O[C@H](COC(=O)CCCCCCCCCCCCCCCCCCC(C)C)COP(=O)(O)OCC(O)COP(=O)(O)OC[C@@H](COC(=O)CCCCCCCCCC(C)C)OC(=O)CCCCCCCCCCCCCCCCCC(C)C. The number of carbonyl (C=O) groups is 4. The van der Waals surface area contributed by atoms with Crippen LogP contribution >= 0.6 is 15.6 Å². The molecular weight excluding hydrogens is 1270 g/mol. The Hall–Kier alpha value is -1.94. The molecule has 3 N–H and O–H groups in total. The maximum atomic E-state index is 13.1. The molecule has 0 saturated carbocycles. The van der Waals surface area contributed by atoms with Crippen LogP contribution in [0.15, 0.2) is 0 Å². The van der Waals surface area contributed by atoms with Gasteiger partial charge in [0.15, 0.2) is 12.2 Å². The van der Waals surface area contributed by atoms with Crippen molar-refractivity contribution in [2.24, 2.45) is 23.7 Å². The highest BCUT2D eigenvalue weighted by Gasteiger charge is 2.30. The molecule has 6 atom stereocenters. The first kappa shape index (κ1) is 95.1. The van der Waals surface area contributed by atoms with Gasteiger partial charge in [-0.25, -0.2) is 9.13 Å². The molecule has 0 amide bonds. The lowest BCUT2D eigenvalue weighted by Gasteiger charge is -2.21. The van der Waals surface area contributed by atoms with E-state index in [9.17, 15) is 43.2 Å². The molecule has 19 heteroatoms. The lowest BCUT2D eigenvalue weighted by Crippen LogP contribution is -2.30. The first-order chi connectivity index (χ1) is 46.6. The van der Waals surface area contributed by atoms with E-state index in [4.69, 9.17) is 37.0 Å². The zero-order valence-electron chi connectivity index (χ0n) is 63.7. The molecule has 0 bridgehead atoms. The predicted octanol–water partition coefficient (Wildman–Crippen LogP) is 22.8. The molecule has 0 aromatic heterocycles. The molecule has 0 fully saturated rings. The number of aliphatic hydroxyl groups is 1. The molecule has 0 aromatic rings. The number of phosphoric acid groups is 2. The molecule has 0 aromatic carbocycles. The van der Waals surface area contributed by atoms with Gasteiger partial charge < -0.3 is 33.8 Å². The molecule has 0 aliphatic heterocycles. The fourth-order valence-electron chi connectivity index (χ4n) is 11.9. The summed E-state index contributed by atoms with van der Waals surface area (Å²) < 4.78 is 68.5. The molecule has 0 heterocycles. The zero-order chi connectivity index (χ0) is 71.7. The molecule has 0 aliphatic rings. The fourth-order valence-corrected chi connectivity index (χ4v) is 13.5. The van der Waals surface area contributed by atoms with E-state index >= 15 is 0 Å². The fraction of sp³-hybridized carbons (Fsp3) is 0.949. The van der Waals surface area contributed by atoms with Gasteiger partial charge in [-0.1, -0.05) is 344 Å². The second kappa shape index (κ2) is 67.2. The monoisotopic (exact) mass is 1420 g/mol. The van der Waals surface area contributed by atoms with Crippen molar-refractivity contribution in [3.63, 3.8) is 0 Å². The molecule has 0 rings (SSSR count). The second-order valence-corrected chi connectivity index (χ2v) is 32.7. The van der Waals surface area contributed by atoms with Gasteiger partial charge in [-0.3, -0.25) is 37.3 Å². The molecule has 4 unspecified atom stereocenters. The molecule has 17 nitrogen and oxygen atoms in total. The summed E-state index contributed by atoms with van der Waals surface area (Å²) >= 11 is 0. The van der Waals surface area contributed by atoms with Crippen molar-refractivity contribution in [3.05, 3.63) is 0 Å². The van der Waals surface area contributed by atoms with Crippen LogP contribution in [0.5, 0.6) is 0 Å². The molecule has 0 spiro atoms. The summed E-state index contributed by atoms with van der Waals surface area (Å²) in [6, 6.07) is 0. The van der Waals surface area contributed by atoms with Crippen LogP contribution in [0.4, 0.5) is 0 Å². The van der Waals surface area contributed by atoms with Crippen LogP contribution in [-0.2, 0) is 65.4 Å². The summed E-state index contributed by atoms with van der Waals surface area (Å²) in [5.74, 6) is 0.918. The average Bonchev–Trinajstić information content (AvgIpc) is 1.59. The van der Waals surface area contributed by atoms with Crippen molar-refractivity contribution in [1.29, 1.82) is 0 Å². The van der Waals surface area contributed by atoms with Gasteiger partial charge in [-0.15, -0.1) is 0 Å². The highest BCUT2D eigenvalue weighted by atomic mass is 31.2. The van der Waals surface area contributed by atoms with E-state index in [0.29, 0.717) is 31.6 Å². The van der Waals surface area contributed by atoms with Gasteiger partial charge in [0.2, 0.25) is 0 Å². The zero-order valence-corrected chi connectivity index (χ0v) is 65.5. The van der Waals surface area contributed by atoms with E-state index in [0.717, 1.165) is 114 Å². The maximum absolute atomic E-state index is 13.1. The van der Waals surface area contributed by atoms with Crippen LogP contribution in [-0.4, -0.2) is 96.7 Å². The lowest BCUT2D eigenvalue weighted by molar-refractivity contribution is -0.161. The highest BCUT2D eigenvalue weighted by Crippen LogP contribution is 2.45. The van der Waals surface area contributed by atoms with E-state index in [-0.39, 0.29) is 25.7 Å². The molecule has 0 saturated heterocycles. The molecule has 0 aliphatic carbocycles. The van der Waals surface area contributed by atoms with E-state index < -0.39 is 97.5 Å². The topological polar surface area (TPSA) is 237 Å². The van der Waals surface area contributed by atoms with Gasteiger partial charge >= 0.3 is 39.5 Å². The predicted molar refractivity (Wildman–Crippen MR) is 395 cm³/mol. The Morgan fingerprint density at radius 2 is 0.495 bits per heavy atom.